The Morgan fingerprint density at radius 3 is 2.82 bits per heavy atom. The molecule has 0 unspecified atom stereocenters. The Kier molecular flexibility index (Phi) is 3.73. The maximum absolute atomic E-state index is 12.3. The van der Waals surface area contributed by atoms with Crippen molar-refractivity contribution in [3.8, 4) is 0 Å². The number of carbonyl (C=O) groups excluding carboxylic acids is 1. The van der Waals surface area contributed by atoms with E-state index in [4.69, 9.17) is 0 Å². The van der Waals surface area contributed by atoms with Gasteiger partial charge >= 0.3 is 0 Å². The fourth-order valence-corrected chi connectivity index (χ4v) is 1.92. The molecular formula is C14H12N6O2. The Balaban J connectivity index is 1.82. The number of allylic oxidation sites excluding steroid dienone is 1. The first-order valence-corrected chi connectivity index (χ1v) is 6.45. The van der Waals surface area contributed by atoms with Crippen LogP contribution in [0.1, 0.15) is 21.9 Å². The Labute approximate surface area is 125 Å². The predicted molar refractivity (Wildman–Crippen MR) is 76.9 cm³/mol. The average molecular weight is 296 g/mol. The van der Waals surface area contributed by atoms with E-state index >= 15 is 0 Å². The summed E-state index contributed by atoms with van der Waals surface area (Å²) in [6.07, 6.45) is 7.22. The summed E-state index contributed by atoms with van der Waals surface area (Å²) in [6, 6.07) is 5.28. The average Bonchev–Trinajstić information content (AvgIpc) is 3.19. The van der Waals surface area contributed by atoms with Crippen molar-refractivity contribution in [3.63, 3.8) is 0 Å². The van der Waals surface area contributed by atoms with Crippen LogP contribution in [-0.2, 0) is 6.54 Å². The quantitative estimate of drug-likeness (QED) is 0.416. The summed E-state index contributed by atoms with van der Waals surface area (Å²) in [7, 11) is 0. The lowest BCUT2D eigenvalue weighted by atomic mass is 10.2. The highest BCUT2D eigenvalue weighted by atomic mass is 16.3. The van der Waals surface area contributed by atoms with Crippen LogP contribution >= 0.6 is 0 Å². The van der Waals surface area contributed by atoms with Crippen molar-refractivity contribution in [3.05, 3.63) is 66.3 Å². The van der Waals surface area contributed by atoms with E-state index in [1.54, 1.807) is 23.1 Å². The second-order valence-electron chi connectivity index (χ2n) is 4.46. The van der Waals surface area contributed by atoms with E-state index < -0.39 is 0 Å². The fraction of sp³-hybridized carbons (Fsp3) is 0.0714. The minimum atomic E-state index is -0.375. The Morgan fingerprint density at radius 1 is 1.27 bits per heavy atom. The van der Waals surface area contributed by atoms with E-state index in [2.05, 4.69) is 25.3 Å². The lowest BCUT2D eigenvalue weighted by Gasteiger charge is -2.05. The van der Waals surface area contributed by atoms with E-state index in [9.17, 15) is 9.90 Å². The number of ketones is 1. The molecule has 110 valence electrons. The number of nitrogens with one attached hydrogen (secondary N) is 1. The molecule has 0 atom stereocenters. The van der Waals surface area contributed by atoms with Crippen LogP contribution in [0.3, 0.4) is 0 Å². The molecule has 0 aromatic carbocycles. The van der Waals surface area contributed by atoms with Gasteiger partial charge in [-0.15, -0.1) is 0 Å². The number of nitrogens with zero attached hydrogens (tertiary/aromatic N) is 5. The minimum Gasteiger partial charge on any atom is -0.504 e. The van der Waals surface area contributed by atoms with Crippen molar-refractivity contribution in [2.75, 3.05) is 0 Å². The van der Waals surface area contributed by atoms with Gasteiger partial charge in [-0.2, -0.15) is 10.2 Å². The van der Waals surface area contributed by atoms with Gasteiger partial charge in [-0.25, -0.2) is 4.98 Å². The summed E-state index contributed by atoms with van der Waals surface area (Å²) in [6.45, 7) is 0.438. The standard InChI is InChI=1S/C14H12N6O2/c21-12(7-13(22)14-16-9-17-19-14)11-3-6-18-20(11)8-10-1-4-15-5-2-10/h1-7,9,22H,8H2,(H,16,17,19). The smallest absolute Gasteiger partial charge is 0.207 e. The van der Waals surface area contributed by atoms with Crippen LogP contribution in [0, 0.1) is 0 Å². The molecule has 0 fully saturated rings. The summed E-state index contributed by atoms with van der Waals surface area (Å²) in [5.74, 6) is -0.520. The second-order valence-corrected chi connectivity index (χ2v) is 4.46. The largest absolute Gasteiger partial charge is 0.504 e. The second kappa shape index (κ2) is 6.00. The van der Waals surface area contributed by atoms with Gasteiger partial charge in [0.2, 0.25) is 5.78 Å². The van der Waals surface area contributed by atoms with Crippen LogP contribution in [0.25, 0.3) is 5.76 Å². The van der Waals surface area contributed by atoms with E-state index in [1.807, 2.05) is 12.1 Å². The van der Waals surface area contributed by atoms with Crippen LogP contribution in [0.15, 0.2) is 49.2 Å². The van der Waals surface area contributed by atoms with Gasteiger partial charge in [0.05, 0.1) is 6.54 Å². The molecule has 0 aliphatic heterocycles. The molecule has 0 aliphatic carbocycles. The van der Waals surface area contributed by atoms with Gasteiger partial charge in [0.25, 0.3) is 0 Å². The van der Waals surface area contributed by atoms with E-state index in [-0.39, 0.29) is 17.4 Å². The van der Waals surface area contributed by atoms with Crippen molar-refractivity contribution in [1.82, 2.24) is 29.9 Å². The predicted octanol–water partition coefficient (Wildman–Crippen LogP) is 1.23. The molecule has 3 heterocycles. The summed E-state index contributed by atoms with van der Waals surface area (Å²) in [4.78, 5) is 20.0. The van der Waals surface area contributed by atoms with E-state index in [0.717, 1.165) is 11.6 Å². The highest BCUT2D eigenvalue weighted by molar-refractivity contribution is 6.06. The van der Waals surface area contributed by atoms with Crippen molar-refractivity contribution >= 4 is 11.5 Å². The lowest BCUT2D eigenvalue weighted by molar-refractivity contribution is 0.103. The summed E-state index contributed by atoms with van der Waals surface area (Å²) in [5, 5.41) is 20.1. The first-order chi connectivity index (χ1) is 10.7. The number of rotatable bonds is 5. The number of aromatic amines is 1. The summed E-state index contributed by atoms with van der Waals surface area (Å²) < 4.78 is 1.56. The van der Waals surface area contributed by atoms with Crippen LogP contribution < -0.4 is 0 Å². The fourth-order valence-electron chi connectivity index (χ4n) is 1.92. The first-order valence-electron chi connectivity index (χ1n) is 6.45. The molecule has 3 aromatic rings. The molecular weight excluding hydrogens is 284 g/mol. The van der Waals surface area contributed by atoms with Crippen LogP contribution in [-0.4, -0.2) is 40.8 Å². The van der Waals surface area contributed by atoms with Crippen molar-refractivity contribution in [2.45, 2.75) is 6.54 Å². The van der Waals surface area contributed by atoms with Crippen molar-refractivity contribution < 1.29 is 9.90 Å². The molecule has 0 bridgehead atoms. The molecule has 3 rings (SSSR count). The molecule has 0 amide bonds. The normalized spacial score (nSPS) is 11.5. The molecule has 22 heavy (non-hydrogen) atoms. The van der Waals surface area contributed by atoms with Gasteiger partial charge in [-0.3, -0.25) is 19.6 Å². The highest BCUT2D eigenvalue weighted by Gasteiger charge is 2.13. The molecule has 0 saturated heterocycles. The topological polar surface area (TPSA) is 110 Å². The van der Waals surface area contributed by atoms with Gasteiger partial charge in [0, 0.05) is 24.7 Å². The van der Waals surface area contributed by atoms with Gasteiger partial charge in [-0.05, 0) is 23.8 Å². The molecule has 0 aliphatic rings. The van der Waals surface area contributed by atoms with Gasteiger partial charge in [0.15, 0.2) is 11.6 Å². The van der Waals surface area contributed by atoms with Crippen molar-refractivity contribution in [1.29, 1.82) is 0 Å². The number of aromatic nitrogens is 6. The van der Waals surface area contributed by atoms with Crippen LogP contribution in [0.2, 0.25) is 0 Å². The third-order valence-corrected chi connectivity index (χ3v) is 2.98. The van der Waals surface area contributed by atoms with Crippen LogP contribution in [0.4, 0.5) is 0 Å². The lowest BCUT2D eigenvalue weighted by Crippen LogP contribution is -2.10. The summed E-state index contributed by atoms with van der Waals surface area (Å²) in [5.41, 5.74) is 1.33. The minimum absolute atomic E-state index is 0.133. The maximum atomic E-state index is 12.3. The molecule has 2 N–H and O–H groups in total. The number of pyridine rings is 1. The highest BCUT2D eigenvalue weighted by Crippen LogP contribution is 2.10. The maximum Gasteiger partial charge on any atom is 0.207 e. The number of aliphatic hydroxyl groups excluding tert-OH is 1. The number of H-pyrrole nitrogens is 1. The number of hydrogen-bond acceptors (Lipinski definition) is 6. The number of aliphatic hydroxyl groups is 1. The monoisotopic (exact) mass is 296 g/mol. The Bertz CT molecular complexity index is 792. The van der Waals surface area contributed by atoms with Gasteiger partial charge < -0.3 is 5.11 Å². The first kappa shape index (κ1) is 13.7. The van der Waals surface area contributed by atoms with Gasteiger partial charge in [-0.1, -0.05) is 0 Å². The third kappa shape index (κ3) is 2.90. The van der Waals surface area contributed by atoms with Crippen LogP contribution in [0.5, 0.6) is 0 Å². The van der Waals surface area contributed by atoms with Gasteiger partial charge in [0.1, 0.15) is 12.0 Å². The zero-order chi connectivity index (χ0) is 15.4. The summed E-state index contributed by atoms with van der Waals surface area (Å²) >= 11 is 0. The number of carbonyl (C=O) groups is 1. The Morgan fingerprint density at radius 2 is 2.09 bits per heavy atom. The van der Waals surface area contributed by atoms with E-state index in [0.29, 0.717) is 12.2 Å². The molecule has 0 saturated carbocycles. The molecule has 8 heteroatoms. The van der Waals surface area contributed by atoms with E-state index in [1.165, 1.54) is 12.5 Å². The molecule has 8 nitrogen and oxygen atoms in total. The van der Waals surface area contributed by atoms with Crippen molar-refractivity contribution in [2.24, 2.45) is 0 Å². The third-order valence-electron chi connectivity index (χ3n) is 2.98. The molecule has 3 aromatic heterocycles. The molecule has 0 spiro atoms. The number of hydrogen-bond donors (Lipinski definition) is 2. The SMILES string of the molecule is O=C(C=C(O)c1ncn[nH]1)c1ccnn1Cc1ccncc1. The zero-order valence-corrected chi connectivity index (χ0v) is 11.4. The zero-order valence-electron chi connectivity index (χ0n) is 11.4. The molecule has 0 radical (unpaired) electrons. The Hall–Kier alpha value is -3.29.